The van der Waals surface area contributed by atoms with Gasteiger partial charge >= 0.3 is 0 Å². The number of rotatable bonds is 4. The number of nitrogens with one attached hydrogen (secondary N) is 1. The molecule has 6 heteroatoms. The molecule has 0 fully saturated rings. The lowest BCUT2D eigenvalue weighted by molar-refractivity contribution is 0.0954. The normalized spacial score (nSPS) is 14.2. The van der Waals surface area contributed by atoms with Crippen molar-refractivity contribution in [2.75, 3.05) is 6.54 Å². The van der Waals surface area contributed by atoms with Crippen LogP contribution in [0.2, 0.25) is 0 Å². The SMILES string of the molecule is CC(C)(C)CC(Br)CNC(=O)c1snnc1C(C)(C)C. The highest BCUT2D eigenvalue weighted by Gasteiger charge is 2.26. The number of alkyl halides is 1. The minimum atomic E-state index is -0.168. The van der Waals surface area contributed by atoms with Gasteiger partial charge in [0.2, 0.25) is 0 Å². The Kier molecular flexibility index (Phi) is 5.72. The maximum atomic E-state index is 12.2. The second-order valence-corrected chi connectivity index (χ2v) is 9.32. The molecule has 1 rings (SSSR count). The molecule has 1 atom stereocenters. The zero-order chi connectivity index (χ0) is 15.6. The summed E-state index contributed by atoms with van der Waals surface area (Å²) >= 11 is 4.78. The van der Waals surface area contributed by atoms with Gasteiger partial charge < -0.3 is 5.32 Å². The molecule has 0 spiro atoms. The van der Waals surface area contributed by atoms with Crippen LogP contribution in [0, 0.1) is 5.41 Å². The zero-order valence-corrected chi connectivity index (χ0v) is 15.5. The van der Waals surface area contributed by atoms with E-state index in [1.165, 1.54) is 0 Å². The second kappa shape index (κ2) is 6.52. The van der Waals surface area contributed by atoms with Gasteiger partial charge in [-0.2, -0.15) is 0 Å². The molecule has 1 N–H and O–H groups in total. The summed E-state index contributed by atoms with van der Waals surface area (Å²) in [6.07, 6.45) is 1.00. The topological polar surface area (TPSA) is 54.9 Å². The molecule has 1 amide bonds. The minimum Gasteiger partial charge on any atom is -0.350 e. The quantitative estimate of drug-likeness (QED) is 0.830. The molecule has 0 radical (unpaired) electrons. The molecule has 0 saturated carbocycles. The van der Waals surface area contributed by atoms with E-state index < -0.39 is 0 Å². The molecule has 0 aliphatic rings. The highest BCUT2D eigenvalue weighted by atomic mass is 79.9. The fourth-order valence-corrected chi connectivity index (χ4v) is 3.78. The van der Waals surface area contributed by atoms with Gasteiger partial charge in [-0.05, 0) is 23.4 Å². The van der Waals surface area contributed by atoms with Gasteiger partial charge in [0.25, 0.3) is 5.91 Å². The van der Waals surface area contributed by atoms with Crippen LogP contribution in [-0.2, 0) is 5.41 Å². The van der Waals surface area contributed by atoms with Gasteiger partial charge in [-0.3, -0.25) is 4.79 Å². The summed E-state index contributed by atoms with van der Waals surface area (Å²) in [6, 6.07) is 0. The van der Waals surface area contributed by atoms with E-state index in [0.717, 1.165) is 23.6 Å². The van der Waals surface area contributed by atoms with Gasteiger partial charge in [-0.15, -0.1) is 5.10 Å². The van der Waals surface area contributed by atoms with Crippen LogP contribution in [0.3, 0.4) is 0 Å². The van der Waals surface area contributed by atoms with Crippen molar-refractivity contribution >= 4 is 33.4 Å². The summed E-state index contributed by atoms with van der Waals surface area (Å²) in [5, 5.41) is 7.06. The van der Waals surface area contributed by atoms with Crippen molar-refractivity contribution in [1.29, 1.82) is 0 Å². The molecule has 4 nitrogen and oxygen atoms in total. The van der Waals surface area contributed by atoms with Crippen LogP contribution in [-0.4, -0.2) is 26.9 Å². The van der Waals surface area contributed by atoms with Gasteiger partial charge in [0.15, 0.2) is 0 Å². The Bertz CT molecular complexity index is 460. The molecule has 0 aromatic carbocycles. The molecule has 0 saturated heterocycles. The van der Waals surface area contributed by atoms with Gasteiger partial charge in [-0.1, -0.05) is 62.0 Å². The molecule has 1 unspecified atom stereocenters. The molecular formula is C14H24BrN3OS. The number of amides is 1. The van der Waals surface area contributed by atoms with Crippen molar-refractivity contribution in [1.82, 2.24) is 14.9 Å². The molecule has 20 heavy (non-hydrogen) atoms. The Labute approximate surface area is 134 Å². The van der Waals surface area contributed by atoms with Gasteiger partial charge in [0, 0.05) is 16.8 Å². The van der Waals surface area contributed by atoms with E-state index in [2.05, 4.69) is 51.6 Å². The first-order chi connectivity index (χ1) is 9.00. The largest absolute Gasteiger partial charge is 0.350 e. The van der Waals surface area contributed by atoms with Gasteiger partial charge in [-0.25, -0.2) is 0 Å². The molecule has 1 aromatic heterocycles. The number of hydrogen-bond donors (Lipinski definition) is 1. The first-order valence-electron chi connectivity index (χ1n) is 6.76. The monoisotopic (exact) mass is 361 g/mol. The lowest BCUT2D eigenvalue weighted by Crippen LogP contribution is -2.32. The van der Waals surface area contributed by atoms with Gasteiger partial charge in [0.05, 0.1) is 5.69 Å². The van der Waals surface area contributed by atoms with Crippen LogP contribution in [0.4, 0.5) is 0 Å². The van der Waals surface area contributed by atoms with Crippen LogP contribution in [0.25, 0.3) is 0 Å². The number of halogens is 1. The summed E-state index contributed by atoms with van der Waals surface area (Å²) < 4.78 is 3.92. The van der Waals surface area contributed by atoms with Crippen molar-refractivity contribution in [2.24, 2.45) is 5.41 Å². The lowest BCUT2D eigenvalue weighted by atomic mass is 9.90. The average molecular weight is 362 g/mol. The lowest BCUT2D eigenvalue weighted by Gasteiger charge is -2.22. The smallest absolute Gasteiger partial charge is 0.265 e. The van der Waals surface area contributed by atoms with Gasteiger partial charge in [0.1, 0.15) is 4.88 Å². The van der Waals surface area contributed by atoms with E-state index in [4.69, 9.17) is 0 Å². The fourth-order valence-electron chi connectivity index (χ4n) is 1.85. The zero-order valence-electron chi connectivity index (χ0n) is 13.1. The Morgan fingerprint density at radius 2 is 1.90 bits per heavy atom. The maximum absolute atomic E-state index is 12.2. The number of carbonyl (C=O) groups excluding carboxylic acids is 1. The third kappa shape index (κ3) is 5.48. The average Bonchev–Trinajstić information content (AvgIpc) is 2.71. The van der Waals surface area contributed by atoms with Crippen LogP contribution in [0.1, 0.15) is 63.3 Å². The van der Waals surface area contributed by atoms with Crippen LogP contribution < -0.4 is 5.32 Å². The van der Waals surface area contributed by atoms with Crippen molar-refractivity contribution in [3.8, 4) is 0 Å². The predicted molar refractivity (Wildman–Crippen MR) is 87.7 cm³/mol. The highest BCUT2D eigenvalue weighted by molar-refractivity contribution is 9.09. The van der Waals surface area contributed by atoms with Crippen molar-refractivity contribution < 1.29 is 4.79 Å². The maximum Gasteiger partial charge on any atom is 0.265 e. The first-order valence-corrected chi connectivity index (χ1v) is 8.45. The minimum absolute atomic E-state index is 0.0803. The molecule has 0 aliphatic carbocycles. The van der Waals surface area contributed by atoms with E-state index >= 15 is 0 Å². The van der Waals surface area contributed by atoms with Crippen LogP contribution >= 0.6 is 27.5 Å². The number of carbonyl (C=O) groups is 1. The number of aromatic nitrogens is 2. The number of hydrogen-bond acceptors (Lipinski definition) is 4. The first kappa shape index (κ1) is 17.6. The summed E-state index contributed by atoms with van der Waals surface area (Å²) in [5.41, 5.74) is 0.836. The van der Waals surface area contributed by atoms with E-state index in [1.54, 1.807) is 0 Å². The molecule has 1 aromatic rings. The Morgan fingerprint density at radius 1 is 1.30 bits per heavy atom. The van der Waals surface area contributed by atoms with Crippen molar-refractivity contribution in [2.45, 2.75) is 58.2 Å². The summed E-state index contributed by atoms with van der Waals surface area (Å²) in [4.78, 5) is 13.1. The van der Waals surface area contributed by atoms with Crippen LogP contribution in [0.15, 0.2) is 0 Å². The van der Waals surface area contributed by atoms with Crippen LogP contribution in [0.5, 0.6) is 0 Å². The molecule has 0 bridgehead atoms. The number of nitrogens with zero attached hydrogens (tertiary/aromatic N) is 2. The van der Waals surface area contributed by atoms with Crippen molar-refractivity contribution in [3.63, 3.8) is 0 Å². The Hall–Kier alpha value is -0.490. The third-order valence-corrected chi connectivity index (χ3v) is 4.09. The molecule has 114 valence electrons. The molecule has 1 heterocycles. The van der Waals surface area contributed by atoms with Crippen molar-refractivity contribution in [3.05, 3.63) is 10.6 Å². The van der Waals surface area contributed by atoms with E-state index in [9.17, 15) is 4.79 Å². The second-order valence-electron chi connectivity index (χ2n) is 7.27. The third-order valence-electron chi connectivity index (χ3n) is 2.72. The Morgan fingerprint density at radius 3 is 2.40 bits per heavy atom. The summed E-state index contributed by atoms with van der Waals surface area (Å²) in [5.74, 6) is -0.0803. The summed E-state index contributed by atoms with van der Waals surface area (Å²) in [6.45, 7) is 13.3. The predicted octanol–water partition coefficient (Wildman–Crippen LogP) is 3.77. The van der Waals surface area contributed by atoms with E-state index in [0.29, 0.717) is 11.4 Å². The standard InChI is InChI=1S/C14H24BrN3OS/c1-13(2,3)7-9(15)8-16-12(19)10-11(14(4,5)6)17-18-20-10/h9H,7-8H2,1-6H3,(H,16,19). The fraction of sp³-hybridized carbons (Fsp3) is 0.786. The molecule has 0 aliphatic heterocycles. The van der Waals surface area contributed by atoms with E-state index in [-0.39, 0.29) is 21.6 Å². The highest BCUT2D eigenvalue weighted by Crippen LogP contribution is 2.26. The van der Waals surface area contributed by atoms with E-state index in [1.807, 2.05) is 20.8 Å². The Balaban J connectivity index is 2.63. The summed E-state index contributed by atoms with van der Waals surface area (Å²) in [7, 11) is 0. The molecular weight excluding hydrogens is 338 g/mol.